The Morgan fingerprint density at radius 1 is 1.24 bits per heavy atom. The Morgan fingerprint density at radius 3 is 2.52 bits per heavy atom. The maximum Gasteiger partial charge on any atom is 0.224 e. The van der Waals surface area contributed by atoms with Crippen molar-refractivity contribution in [3.8, 4) is 5.75 Å². The van der Waals surface area contributed by atoms with E-state index in [0.29, 0.717) is 24.3 Å². The fourth-order valence-corrected chi connectivity index (χ4v) is 1.61. The predicted molar refractivity (Wildman–Crippen MR) is 81.9 cm³/mol. The van der Waals surface area contributed by atoms with Crippen LogP contribution in [-0.4, -0.2) is 24.0 Å². The number of carbonyl (C=O) groups excluding carboxylic acids is 2. The van der Waals surface area contributed by atoms with Gasteiger partial charge < -0.3 is 21.5 Å². The number of benzene rings is 1. The number of hydrogen-bond acceptors (Lipinski definition) is 4. The normalized spacial score (nSPS) is 11.0. The quantitative estimate of drug-likeness (QED) is 0.673. The number of primary amides is 1. The molecule has 0 saturated carbocycles. The summed E-state index contributed by atoms with van der Waals surface area (Å²) in [5.74, 6) is -0.0414. The first-order valence-electron chi connectivity index (χ1n) is 6.87. The van der Waals surface area contributed by atoms with Crippen molar-refractivity contribution in [2.45, 2.75) is 38.6 Å². The fraction of sp³-hybridized carbons (Fsp3) is 0.467. The predicted octanol–water partition coefficient (Wildman–Crippen LogP) is 1.40. The Balaban J connectivity index is 2.57. The van der Waals surface area contributed by atoms with E-state index in [-0.39, 0.29) is 24.5 Å². The van der Waals surface area contributed by atoms with E-state index in [0.717, 1.165) is 0 Å². The van der Waals surface area contributed by atoms with Crippen LogP contribution in [0.25, 0.3) is 0 Å². The summed E-state index contributed by atoms with van der Waals surface area (Å²) >= 11 is 0. The van der Waals surface area contributed by atoms with Crippen LogP contribution in [0.4, 0.5) is 5.69 Å². The van der Waals surface area contributed by atoms with Gasteiger partial charge in [0, 0.05) is 12.0 Å². The molecule has 0 saturated heterocycles. The lowest BCUT2D eigenvalue weighted by Gasteiger charge is -2.18. The number of nitrogens with one attached hydrogen (secondary N) is 1. The maximum absolute atomic E-state index is 11.9. The second-order valence-electron chi connectivity index (χ2n) is 5.60. The second kappa shape index (κ2) is 7.64. The number of amides is 2. The molecular formula is C15H23N3O3. The Kier molecular flexibility index (Phi) is 6.17. The summed E-state index contributed by atoms with van der Waals surface area (Å²) in [4.78, 5) is 22.6. The molecule has 0 bridgehead atoms. The van der Waals surface area contributed by atoms with Crippen LogP contribution < -0.4 is 21.5 Å². The second-order valence-corrected chi connectivity index (χ2v) is 5.60. The number of rotatable bonds is 8. The highest BCUT2D eigenvalue weighted by Gasteiger charge is 2.14. The van der Waals surface area contributed by atoms with Crippen molar-refractivity contribution in [2.24, 2.45) is 11.5 Å². The van der Waals surface area contributed by atoms with E-state index in [1.165, 1.54) is 0 Å². The van der Waals surface area contributed by atoms with E-state index in [2.05, 4.69) is 5.32 Å². The van der Waals surface area contributed by atoms with Gasteiger partial charge in [-0.1, -0.05) is 12.1 Å². The average molecular weight is 293 g/mol. The zero-order chi connectivity index (χ0) is 15.9. The molecule has 0 aliphatic carbocycles. The third kappa shape index (κ3) is 7.31. The molecule has 21 heavy (non-hydrogen) atoms. The van der Waals surface area contributed by atoms with Crippen molar-refractivity contribution >= 4 is 17.5 Å². The topological polar surface area (TPSA) is 107 Å². The van der Waals surface area contributed by atoms with Gasteiger partial charge in [0.05, 0.1) is 18.7 Å². The van der Waals surface area contributed by atoms with Crippen molar-refractivity contribution in [2.75, 3.05) is 11.9 Å². The van der Waals surface area contributed by atoms with Gasteiger partial charge in [0.2, 0.25) is 11.8 Å². The molecule has 0 aliphatic rings. The molecule has 6 heteroatoms. The summed E-state index contributed by atoms with van der Waals surface area (Å²) in [7, 11) is 0. The van der Waals surface area contributed by atoms with Crippen LogP contribution in [0.5, 0.6) is 5.75 Å². The molecule has 2 amide bonds. The van der Waals surface area contributed by atoms with Crippen molar-refractivity contribution in [3.63, 3.8) is 0 Å². The van der Waals surface area contributed by atoms with Gasteiger partial charge in [0.25, 0.3) is 0 Å². The van der Waals surface area contributed by atoms with Gasteiger partial charge >= 0.3 is 0 Å². The van der Waals surface area contributed by atoms with Gasteiger partial charge in [-0.2, -0.15) is 0 Å². The lowest BCUT2D eigenvalue weighted by molar-refractivity contribution is -0.118. The lowest BCUT2D eigenvalue weighted by atomic mass is 10.00. The zero-order valence-electron chi connectivity index (χ0n) is 12.5. The first kappa shape index (κ1) is 17.0. The minimum Gasteiger partial charge on any atom is -0.491 e. The average Bonchev–Trinajstić information content (AvgIpc) is 2.37. The van der Waals surface area contributed by atoms with Gasteiger partial charge in [-0.15, -0.1) is 0 Å². The number of nitrogens with two attached hydrogens (primary N) is 2. The number of ether oxygens (including phenoxy) is 1. The van der Waals surface area contributed by atoms with Crippen LogP contribution in [0.15, 0.2) is 24.3 Å². The largest absolute Gasteiger partial charge is 0.491 e. The van der Waals surface area contributed by atoms with Crippen LogP contribution in [0.2, 0.25) is 0 Å². The summed E-state index contributed by atoms with van der Waals surface area (Å²) in [5, 5.41) is 2.79. The summed E-state index contributed by atoms with van der Waals surface area (Å²) in [6.07, 6.45) is 1.05. The standard InChI is InChI=1S/C15H23N3O3/c1-15(2,17)9-7-14(20)18-11-5-3-4-6-12(11)21-10-8-13(16)19/h3-6H,7-10,17H2,1-2H3,(H2,16,19)(H,18,20). The fourth-order valence-electron chi connectivity index (χ4n) is 1.61. The van der Waals surface area contributed by atoms with E-state index in [1.54, 1.807) is 24.3 Å². The molecule has 0 spiro atoms. The first-order valence-corrected chi connectivity index (χ1v) is 6.87. The van der Waals surface area contributed by atoms with Gasteiger partial charge in [-0.3, -0.25) is 9.59 Å². The van der Waals surface area contributed by atoms with Crippen molar-refractivity contribution < 1.29 is 14.3 Å². The Morgan fingerprint density at radius 2 is 1.90 bits per heavy atom. The molecule has 0 radical (unpaired) electrons. The van der Waals surface area contributed by atoms with Crippen molar-refractivity contribution in [3.05, 3.63) is 24.3 Å². The summed E-state index contributed by atoms with van der Waals surface area (Å²) < 4.78 is 5.45. The monoisotopic (exact) mass is 293 g/mol. The molecule has 0 aromatic heterocycles. The number of carbonyl (C=O) groups is 2. The van der Waals surface area contributed by atoms with Crippen LogP contribution in [0, 0.1) is 0 Å². The van der Waals surface area contributed by atoms with Crippen LogP contribution in [0.1, 0.15) is 33.1 Å². The molecule has 116 valence electrons. The Hall–Kier alpha value is -2.08. The lowest BCUT2D eigenvalue weighted by Crippen LogP contribution is -2.33. The van der Waals surface area contributed by atoms with E-state index in [9.17, 15) is 9.59 Å². The molecule has 0 heterocycles. The molecule has 6 nitrogen and oxygen atoms in total. The Bertz CT molecular complexity index is 495. The molecule has 0 atom stereocenters. The van der Waals surface area contributed by atoms with E-state index in [1.807, 2.05) is 13.8 Å². The minimum absolute atomic E-state index is 0.125. The third-order valence-electron chi connectivity index (χ3n) is 2.76. The SMILES string of the molecule is CC(C)(N)CCC(=O)Nc1ccccc1OCCC(N)=O. The molecule has 1 aromatic carbocycles. The summed E-state index contributed by atoms with van der Waals surface area (Å²) in [5.41, 5.74) is 11.1. The van der Waals surface area contributed by atoms with Crippen LogP contribution in [-0.2, 0) is 9.59 Å². The van der Waals surface area contributed by atoms with E-state index in [4.69, 9.17) is 16.2 Å². The van der Waals surface area contributed by atoms with Gasteiger partial charge in [-0.25, -0.2) is 0 Å². The van der Waals surface area contributed by atoms with Crippen LogP contribution >= 0.6 is 0 Å². The highest BCUT2D eigenvalue weighted by Crippen LogP contribution is 2.24. The molecule has 1 rings (SSSR count). The van der Waals surface area contributed by atoms with E-state index < -0.39 is 5.91 Å². The molecule has 0 unspecified atom stereocenters. The summed E-state index contributed by atoms with van der Waals surface area (Å²) in [6, 6.07) is 7.05. The molecular weight excluding hydrogens is 270 g/mol. The molecule has 0 fully saturated rings. The van der Waals surface area contributed by atoms with Gasteiger partial charge in [-0.05, 0) is 32.4 Å². The third-order valence-corrected chi connectivity index (χ3v) is 2.76. The minimum atomic E-state index is -0.429. The van der Waals surface area contributed by atoms with Crippen molar-refractivity contribution in [1.29, 1.82) is 0 Å². The maximum atomic E-state index is 11.9. The van der Waals surface area contributed by atoms with Crippen LogP contribution in [0.3, 0.4) is 0 Å². The first-order chi connectivity index (χ1) is 9.78. The zero-order valence-corrected chi connectivity index (χ0v) is 12.5. The smallest absolute Gasteiger partial charge is 0.224 e. The van der Waals surface area contributed by atoms with Gasteiger partial charge in [0.15, 0.2) is 0 Å². The van der Waals surface area contributed by atoms with Gasteiger partial charge in [0.1, 0.15) is 5.75 Å². The van der Waals surface area contributed by atoms with E-state index >= 15 is 0 Å². The number of anilines is 1. The highest BCUT2D eigenvalue weighted by molar-refractivity contribution is 5.92. The highest BCUT2D eigenvalue weighted by atomic mass is 16.5. The summed E-state index contributed by atoms with van der Waals surface area (Å²) in [6.45, 7) is 3.93. The molecule has 1 aromatic rings. The van der Waals surface area contributed by atoms with Crippen molar-refractivity contribution in [1.82, 2.24) is 0 Å². The number of para-hydroxylation sites is 2. The number of hydrogen-bond donors (Lipinski definition) is 3. The molecule has 0 aliphatic heterocycles. The Labute approximate surface area is 124 Å². The molecule has 5 N–H and O–H groups in total.